The summed E-state index contributed by atoms with van der Waals surface area (Å²) in [5.74, 6) is 0. The lowest BCUT2D eigenvalue weighted by atomic mass is 9.99. The third kappa shape index (κ3) is 5.51. The van der Waals surface area contributed by atoms with Crippen LogP contribution in [0.5, 0.6) is 0 Å². The summed E-state index contributed by atoms with van der Waals surface area (Å²) in [6.45, 7) is 0. The summed E-state index contributed by atoms with van der Waals surface area (Å²) in [5.41, 5.74) is 7.66. The topological polar surface area (TPSA) is 102 Å². The Kier molecular flexibility index (Phi) is 7.67. The van der Waals surface area contributed by atoms with Gasteiger partial charge in [0, 0.05) is 34.1 Å². The third-order valence-corrected chi connectivity index (χ3v) is 8.34. The lowest BCUT2D eigenvalue weighted by Gasteiger charge is -2.27. The van der Waals surface area contributed by atoms with E-state index in [1.807, 2.05) is 48.5 Å². The van der Waals surface area contributed by atoms with E-state index in [1.54, 1.807) is 48.5 Å². The van der Waals surface area contributed by atoms with Crippen molar-refractivity contribution in [3.63, 3.8) is 0 Å². The normalized spacial score (nSPS) is 10.4. The maximum Gasteiger partial charge on any atom is 0.0991 e. The molecular weight excluding hydrogens is 589 g/mol. The molecule has 0 N–H and O–H groups in total. The highest BCUT2D eigenvalue weighted by molar-refractivity contribution is 6.10. The monoisotopic (exact) mass is 612 g/mol. The van der Waals surface area contributed by atoms with Gasteiger partial charge in [0.25, 0.3) is 0 Å². The van der Waals surface area contributed by atoms with Crippen LogP contribution in [0.3, 0.4) is 0 Å². The van der Waals surface area contributed by atoms with E-state index in [-0.39, 0.29) is 0 Å². The van der Waals surface area contributed by atoms with Crippen molar-refractivity contribution in [3.8, 4) is 24.3 Å². The molecule has 0 amide bonds. The summed E-state index contributed by atoms with van der Waals surface area (Å²) >= 11 is 0. The van der Waals surface area contributed by atoms with Crippen molar-refractivity contribution >= 4 is 55.7 Å². The second kappa shape index (κ2) is 12.5. The maximum absolute atomic E-state index is 9.41. The molecule has 0 aromatic heterocycles. The number of hydrogen-bond acceptors (Lipinski definition) is 6. The Morgan fingerprint density at radius 2 is 0.521 bits per heavy atom. The summed E-state index contributed by atoms with van der Waals surface area (Å²) in [6, 6.07) is 55.5. The van der Waals surface area contributed by atoms with Crippen LogP contribution in [0.25, 0.3) is 21.5 Å². The van der Waals surface area contributed by atoms with Crippen LogP contribution in [0.15, 0.2) is 146 Å². The molecule has 0 aliphatic carbocycles. The smallest absolute Gasteiger partial charge is 0.0991 e. The summed E-state index contributed by atoms with van der Waals surface area (Å²) in [7, 11) is 0. The van der Waals surface area contributed by atoms with Crippen LogP contribution >= 0.6 is 0 Å². The van der Waals surface area contributed by atoms with Gasteiger partial charge in [0.15, 0.2) is 0 Å². The predicted octanol–water partition coefficient (Wildman–Crippen LogP) is 10.4. The summed E-state index contributed by atoms with van der Waals surface area (Å²) < 4.78 is 0. The minimum Gasteiger partial charge on any atom is -0.310 e. The average molecular weight is 613 g/mol. The van der Waals surface area contributed by atoms with E-state index in [2.05, 4.69) is 82.6 Å². The van der Waals surface area contributed by atoms with Crippen LogP contribution in [0.1, 0.15) is 22.3 Å². The van der Waals surface area contributed by atoms with Crippen molar-refractivity contribution in [1.82, 2.24) is 0 Å². The molecule has 0 fully saturated rings. The standard InChI is InChI=1S/C42H24N6/c43-25-29-1-13-35(14-2-29)47(36-15-3-30(26-44)4-16-36)39-21-11-33-9-10-34-12-22-40(24-42(34)41(33)23-39)48(37-17-5-31(27-45)6-18-37)38-19-7-32(28-46)8-20-38/h1-24H. The number of hydrogen-bond donors (Lipinski definition) is 0. The summed E-state index contributed by atoms with van der Waals surface area (Å²) in [5, 5.41) is 41.9. The molecule has 6 nitrogen and oxygen atoms in total. The highest BCUT2D eigenvalue weighted by atomic mass is 15.1. The largest absolute Gasteiger partial charge is 0.310 e. The van der Waals surface area contributed by atoms with Gasteiger partial charge < -0.3 is 9.80 Å². The zero-order valence-corrected chi connectivity index (χ0v) is 25.5. The summed E-state index contributed by atoms with van der Waals surface area (Å²) in [6.07, 6.45) is 0. The number of nitriles is 4. The Balaban J connectivity index is 1.41. The lowest BCUT2D eigenvalue weighted by Crippen LogP contribution is -2.10. The fraction of sp³-hybridized carbons (Fsp3) is 0. The van der Waals surface area contributed by atoms with Crippen molar-refractivity contribution in [3.05, 3.63) is 168 Å². The van der Waals surface area contributed by atoms with Gasteiger partial charge in [0.1, 0.15) is 0 Å². The summed E-state index contributed by atoms with van der Waals surface area (Å²) in [4.78, 5) is 4.23. The minimum absolute atomic E-state index is 0.574. The van der Waals surface area contributed by atoms with Gasteiger partial charge in [-0.2, -0.15) is 21.0 Å². The Morgan fingerprint density at radius 3 is 0.771 bits per heavy atom. The van der Waals surface area contributed by atoms with Crippen LogP contribution in [-0.2, 0) is 0 Å². The Hall–Kier alpha value is -7.38. The molecule has 0 aliphatic heterocycles. The first kappa shape index (κ1) is 29.3. The molecule has 222 valence electrons. The molecule has 7 rings (SSSR count). The van der Waals surface area contributed by atoms with Gasteiger partial charge >= 0.3 is 0 Å². The molecule has 0 spiro atoms. The van der Waals surface area contributed by atoms with Crippen molar-refractivity contribution in [2.24, 2.45) is 0 Å². The average Bonchev–Trinajstić information content (AvgIpc) is 3.16. The Bertz CT molecular complexity index is 2180. The van der Waals surface area contributed by atoms with E-state index >= 15 is 0 Å². The molecule has 7 aromatic carbocycles. The Morgan fingerprint density at radius 1 is 0.292 bits per heavy atom. The lowest BCUT2D eigenvalue weighted by molar-refractivity contribution is 1.28. The SMILES string of the molecule is N#Cc1ccc(N(c2ccc(C#N)cc2)c2ccc3ccc4ccc(N(c5ccc(C#N)cc5)c5ccc(C#N)cc5)cc4c3c2)cc1. The van der Waals surface area contributed by atoms with Gasteiger partial charge in [-0.1, -0.05) is 24.3 Å². The first-order valence-electron chi connectivity index (χ1n) is 15.2. The molecule has 0 bridgehead atoms. The van der Waals surface area contributed by atoms with E-state index in [9.17, 15) is 21.0 Å². The van der Waals surface area contributed by atoms with Crippen LogP contribution in [0, 0.1) is 45.3 Å². The predicted molar refractivity (Wildman–Crippen MR) is 190 cm³/mol. The van der Waals surface area contributed by atoms with Crippen LogP contribution < -0.4 is 9.80 Å². The molecule has 0 radical (unpaired) electrons. The van der Waals surface area contributed by atoms with Crippen molar-refractivity contribution in [2.45, 2.75) is 0 Å². The van der Waals surface area contributed by atoms with E-state index < -0.39 is 0 Å². The number of benzene rings is 7. The highest BCUT2D eigenvalue weighted by Crippen LogP contribution is 2.41. The van der Waals surface area contributed by atoms with Gasteiger partial charge in [-0.15, -0.1) is 0 Å². The molecule has 0 aliphatic rings. The molecule has 0 saturated carbocycles. The van der Waals surface area contributed by atoms with E-state index in [1.165, 1.54) is 0 Å². The Labute approximate surface area is 278 Å². The number of nitrogens with zero attached hydrogens (tertiary/aromatic N) is 6. The van der Waals surface area contributed by atoms with Crippen LogP contribution in [0.4, 0.5) is 34.1 Å². The molecular formula is C42H24N6. The molecule has 0 heterocycles. The molecule has 0 saturated heterocycles. The molecule has 48 heavy (non-hydrogen) atoms. The van der Waals surface area contributed by atoms with Gasteiger partial charge in [0.05, 0.1) is 46.5 Å². The number of rotatable bonds is 6. The first-order chi connectivity index (χ1) is 23.6. The van der Waals surface area contributed by atoms with Gasteiger partial charge in [-0.05, 0) is 143 Å². The van der Waals surface area contributed by atoms with Crippen molar-refractivity contribution in [2.75, 3.05) is 9.80 Å². The maximum atomic E-state index is 9.41. The zero-order chi connectivity index (χ0) is 33.0. The molecule has 0 atom stereocenters. The fourth-order valence-electron chi connectivity index (χ4n) is 5.94. The zero-order valence-electron chi connectivity index (χ0n) is 25.5. The first-order valence-corrected chi connectivity index (χ1v) is 15.2. The van der Waals surface area contributed by atoms with Gasteiger partial charge in [-0.3, -0.25) is 0 Å². The van der Waals surface area contributed by atoms with E-state index in [0.29, 0.717) is 22.3 Å². The molecule has 0 unspecified atom stereocenters. The quantitative estimate of drug-likeness (QED) is 0.173. The molecule has 6 heteroatoms. The van der Waals surface area contributed by atoms with Gasteiger partial charge in [0.2, 0.25) is 0 Å². The second-order valence-corrected chi connectivity index (χ2v) is 11.2. The van der Waals surface area contributed by atoms with Crippen LogP contribution in [0.2, 0.25) is 0 Å². The van der Waals surface area contributed by atoms with Gasteiger partial charge in [-0.25, -0.2) is 0 Å². The highest BCUT2D eigenvalue weighted by Gasteiger charge is 2.17. The van der Waals surface area contributed by atoms with Crippen molar-refractivity contribution in [1.29, 1.82) is 21.0 Å². The number of anilines is 6. The molecule has 7 aromatic rings. The third-order valence-electron chi connectivity index (χ3n) is 8.34. The van der Waals surface area contributed by atoms with Crippen LogP contribution in [-0.4, -0.2) is 0 Å². The fourth-order valence-corrected chi connectivity index (χ4v) is 5.94. The van der Waals surface area contributed by atoms with E-state index in [4.69, 9.17) is 0 Å². The second-order valence-electron chi connectivity index (χ2n) is 11.2. The number of fused-ring (bicyclic) bond motifs is 3. The van der Waals surface area contributed by atoms with Crippen molar-refractivity contribution < 1.29 is 0 Å². The van der Waals surface area contributed by atoms with E-state index in [0.717, 1.165) is 55.7 Å². The minimum atomic E-state index is 0.574.